The molecule has 0 aliphatic carbocycles. The molecule has 0 fully saturated rings. The van der Waals surface area contributed by atoms with Crippen molar-refractivity contribution < 1.29 is 28.9 Å². The number of aliphatic carboxylic acids is 1. The number of nitrogens with zero attached hydrogens (tertiary/aromatic N) is 3. The van der Waals surface area contributed by atoms with Gasteiger partial charge < -0.3 is 24.2 Å². The Morgan fingerprint density at radius 1 is 0.935 bits per heavy atom. The number of carbonyl (C=O) groups excluding carboxylic acids is 1. The number of fused-ring (bicyclic) bond motifs is 1. The summed E-state index contributed by atoms with van der Waals surface area (Å²) in [4.78, 5) is 33.6. The first-order valence-corrected chi connectivity index (χ1v) is 15.4. The lowest BCUT2D eigenvalue weighted by Gasteiger charge is -2.45. The molecule has 240 valence electrons. The standard InChI is InChI=1S/C37H41N3O6/c1-37(2,3)46-36(43)40-25-32(39(35-31(40)14-9-20-38-35)24-27-15-17-30(44-4)18-16-27)34(29-12-6-5-7-13-29)45-21-19-26-10-8-11-28(22-26)23-33(41)42/h5-18,20,22,32,34H,19,21,23-25H2,1-4H3,(H,41,42)/t32-,34+/m1/s1. The van der Waals surface area contributed by atoms with Crippen LogP contribution in [0.3, 0.4) is 0 Å². The minimum atomic E-state index is -0.866. The molecular weight excluding hydrogens is 582 g/mol. The molecule has 0 saturated heterocycles. The highest BCUT2D eigenvalue weighted by molar-refractivity contribution is 5.93. The van der Waals surface area contributed by atoms with Gasteiger partial charge in [0.25, 0.3) is 0 Å². The number of carbonyl (C=O) groups is 2. The molecule has 0 radical (unpaired) electrons. The van der Waals surface area contributed by atoms with Crippen molar-refractivity contribution in [2.45, 2.75) is 57.9 Å². The Balaban J connectivity index is 1.51. The highest BCUT2D eigenvalue weighted by Gasteiger charge is 2.41. The molecule has 3 aromatic carbocycles. The van der Waals surface area contributed by atoms with Gasteiger partial charge in [0.05, 0.1) is 38.4 Å². The fourth-order valence-electron chi connectivity index (χ4n) is 5.68. The number of carboxylic acids is 1. The minimum absolute atomic E-state index is 0.0311. The molecule has 1 aliphatic rings. The van der Waals surface area contributed by atoms with Gasteiger partial charge in [0.15, 0.2) is 5.82 Å². The summed E-state index contributed by atoms with van der Waals surface area (Å²) in [5.74, 6) is 0.563. The summed E-state index contributed by atoms with van der Waals surface area (Å²) in [6.45, 7) is 6.77. The van der Waals surface area contributed by atoms with Crippen LogP contribution < -0.4 is 14.5 Å². The predicted octanol–water partition coefficient (Wildman–Crippen LogP) is 6.85. The van der Waals surface area contributed by atoms with E-state index in [0.29, 0.717) is 37.6 Å². The van der Waals surface area contributed by atoms with E-state index in [9.17, 15) is 14.7 Å². The van der Waals surface area contributed by atoms with Gasteiger partial charge in [-0.3, -0.25) is 9.69 Å². The van der Waals surface area contributed by atoms with Gasteiger partial charge in [-0.25, -0.2) is 9.78 Å². The summed E-state index contributed by atoms with van der Waals surface area (Å²) in [5.41, 5.74) is 3.75. The molecule has 1 amide bonds. The second-order valence-corrected chi connectivity index (χ2v) is 12.3. The smallest absolute Gasteiger partial charge is 0.415 e. The number of hydrogen-bond acceptors (Lipinski definition) is 7. The van der Waals surface area contributed by atoms with Gasteiger partial charge in [-0.05, 0) is 73.7 Å². The number of benzene rings is 3. The van der Waals surface area contributed by atoms with Crippen molar-refractivity contribution in [3.05, 3.63) is 119 Å². The fourth-order valence-corrected chi connectivity index (χ4v) is 5.68. The van der Waals surface area contributed by atoms with E-state index in [1.807, 2.05) is 112 Å². The zero-order chi connectivity index (χ0) is 32.7. The molecule has 46 heavy (non-hydrogen) atoms. The van der Waals surface area contributed by atoms with Crippen LogP contribution in [0.25, 0.3) is 0 Å². The lowest BCUT2D eigenvalue weighted by Crippen LogP contribution is -2.54. The van der Waals surface area contributed by atoms with Crippen molar-refractivity contribution in [2.24, 2.45) is 0 Å². The number of rotatable bonds is 11. The zero-order valence-electron chi connectivity index (χ0n) is 26.8. The summed E-state index contributed by atoms with van der Waals surface area (Å²) < 4.78 is 18.0. The third-order valence-electron chi connectivity index (χ3n) is 7.74. The van der Waals surface area contributed by atoms with Crippen LogP contribution >= 0.6 is 0 Å². The largest absolute Gasteiger partial charge is 0.497 e. The second kappa shape index (κ2) is 14.5. The zero-order valence-corrected chi connectivity index (χ0v) is 26.8. The summed E-state index contributed by atoms with van der Waals surface area (Å²) in [6.07, 6.45) is 1.40. The monoisotopic (exact) mass is 623 g/mol. The molecule has 2 atom stereocenters. The normalized spacial score (nSPS) is 15.2. The second-order valence-electron chi connectivity index (χ2n) is 12.3. The van der Waals surface area contributed by atoms with Crippen LogP contribution in [0.1, 0.15) is 49.1 Å². The number of aromatic nitrogens is 1. The van der Waals surface area contributed by atoms with E-state index < -0.39 is 23.8 Å². The van der Waals surface area contributed by atoms with Gasteiger partial charge in [-0.1, -0.05) is 66.7 Å². The Bertz CT molecular complexity index is 1620. The van der Waals surface area contributed by atoms with Crippen LogP contribution in [0.2, 0.25) is 0 Å². The van der Waals surface area contributed by atoms with Crippen LogP contribution in [-0.2, 0) is 33.7 Å². The summed E-state index contributed by atoms with van der Waals surface area (Å²) in [6, 6.07) is 28.9. The van der Waals surface area contributed by atoms with E-state index in [-0.39, 0.29) is 12.5 Å². The fraction of sp³-hybridized carbons (Fsp3) is 0.324. The van der Waals surface area contributed by atoms with Crippen molar-refractivity contribution in [1.82, 2.24) is 4.98 Å². The molecule has 0 spiro atoms. The highest BCUT2D eigenvalue weighted by atomic mass is 16.6. The Labute approximate surface area is 270 Å². The number of ether oxygens (including phenoxy) is 3. The number of hydrogen-bond donors (Lipinski definition) is 1. The Hall–Kier alpha value is -4.89. The van der Waals surface area contributed by atoms with E-state index in [4.69, 9.17) is 19.2 Å². The molecule has 1 aliphatic heterocycles. The predicted molar refractivity (Wildman–Crippen MR) is 177 cm³/mol. The van der Waals surface area contributed by atoms with Crippen molar-refractivity contribution in [2.75, 3.05) is 30.1 Å². The third-order valence-corrected chi connectivity index (χ3v) is 7.74. The lowest BCUT2D eigenvalue weighted by molar-refractivity contribution is -0.136. The molecule has 2 heterocycles. The van der Waals surface area contributed by atoms with E-state index >= 15 is 0 Å². The van der Waals surface area contributed by atoms with Gasteiger partial charge in [-0.15, -0.1) is 0 Å². The van der Waals surface area contributed by atoms with Gasteiger partial charge in [0.2, 0.25) is 0 Å². The first kappa shape index (κ1) is 32.5. The number of anilines is 2. The summed E-state index contributed by atoms with van der Waals surface area (Å²) in [7, 11) is 1.64. The molecule has 4 aromatic rings. The van der Waals surface area contributed by atoms with Gasteiger partial charge in [0, 0.05) is 12.7 Å². The molecule has 9 nitrogen and oxygen atoms in total. The van der Waals surface area contributed by atoms with Crippen molar-refractivity contribution in [3.63, 3.8) is 0 Å². The molecule has 0 unspecified atom stereocenters. The number of pyridine rings is 1. The summed E-state index contributed by atoms with van der Waals surface area (Å²) in [5, 5.41) is 9.25. The molecule has 0 bridgehead atoms. The lowest BCUT2D eigenvalue weighted by atomic mass is 9.96. The van der Waals surface area contributed by atoms with E-state index in [2.05, 4.69) is 4.90 Å². The Kier molecular flexibility index (Phi) is 10.2. The molecular formula is C37H41N3O6. The topological polar surface area (TPSA) is 101 Å². The maximum absolute atomic E-state index is 13.7. The quantitative estimate of drug-likeness (QED) is 0.194. The van der Waals surface area contributed by atoms with E-state index in [1.165, 1.54) is 0 Å². The van der Waals surface area contributed by atoms with Crippen LogP contribution in [0.4, 0.5) is 16.3 Å². The van der Waals surface area contributed by atoms with Gasteiger partial charge in [0.1, 0.15) is 17.5 Å². The number of amides is 1. The Morgan fingerprint density at radius 3 is 2.37 bits per heavy atom. The number of carboxylic acid groups (broad SMARTS) is 1. The first-order chi connectivity index (χ1) is 22.1. The van der Waals surface area contributed by atoms with Gasteiger partial charge >= 0.3 is 12.1 Å². The average molecular weight is 624 g/mol. The van der Waals surface area contributed by atoms with Crippen molar-refractivity contribution in [1.29, 1.82) is 0 Å². The SMILES string of the molecule is COc1ccc(CN2c3ncccc3N(C(=O)OC(C)(C)C)C[C@@H]2[C@@H](OCCc2cccc(CC(=O)O)c2)c2ccccc2)cc1. The molecule has 5 rings (SSSR count). The van der Waals surface area contributed by atoms with Gasteiger partial charge in [-0.2, -0.15) is 0 Å². The highest BCUT2D eigenvalue weighted by Crippen LogP contribution is 2.40. The third kappa shape index (κ3) is 8.22. The van der Waals surface area contributed by atoms with Crippen LogP contribution in [-0.4, -0.2) is 54.1 Å². The maximum Gasteiger partial charge on any atom is 0.415 e. The van der Waals surface area contributed by atoms with Crippen LogP contribution in [0, 0.1) is 0 Å². The molecule has 9 heteroatoms. The van der Waals surface area contributed by atoms with E-state index in [1.54, 1.807) is 18.2 Å². The minimum Gasteiger partial charge on any atom is -0.497 e. The molecule has 1 N–H and O–H groups in total. The van der Waals surface area contributed by atoms with Crippen LogP contribution in [0.5, 0.6) is 5.75 Å². The van der Waals surface area contributed by atoms with Crippen molar-refractivity contribution in [3.8, 4) is 5.75 Å². The average Bonchev–Trinajstić information content (AvgIpc) is 3.03. The van der Waals surface area contributed by atoms with Crippen LogP contribution in [0.15, 0.2) is 97.2 Å². The molecule has 0 saturated carbocycles. The Morgan fingerprint density at radius 2 is 1.67 bits per heavy atom. The first-order valence-electron chi connectivity index (χ1n) is 15.4. The number of methoxy groups -OCH3 is 1. The maximum atomic E-state index is 13.7. The molecule has 1 aromatic heterocycles. The summed E-state index contributed by atoms with van der Waals surface area (Å²) >= 11 is 0. The van der Waals surface area contributed by atoms with Crippen molar-refractivity contribution >= 4 is 23.6 Å². The van der Waals surface area contributed by atoms with E-state index in [0.717, 1.165) is 28.0 Å².